The standard InChI is InChI=1S/C15H17N5O2/c1-11-3-2-4-13(18-11)20-14(21)7-10-17-15(22)19-12-5-8-16-9-6-12/h2-6,8-9H,7,10H2,1H3,(H,18,20,21)(H2,16,17,19,22). The topological polar surface area (TPSA) is 96.0 Å². The zero-order valence-corrected chi connectivity index (χ0v) is 12.2. The molecule has 2 heterocycles. The van der Waals surface area contributed by atoms with E-state index in [1.54, 1.807) is 30.6 Å². The van der Waals surface area contributed by atoms with E-state index in [1.807, 2.05) is 19.1 Å². The number of rotatable bonds is 5. The third kappa shape index (κ3) is 5.20. The van der Waals surface area contributed by atoms with Crippen molar-refractivity contribution in [2.45, 2.75) is 13.3 Å². The van der Waals surface area contributed by atoms with Crippen LogP contribution in [0, 0.1) is 6.92 Å². The molecule has 3 N–H and O–H groups in total. The van der Waals surface area contributed by atoms with Gasteiger partial charge in [0.25, 0.3) is 0 Å². The van der Waals surface area contributed by atoms with Gasteiger partial charge in [0.1, 0.15) is 5.82 Å². The highest BCUT2D eigenvalue weighted by Crippen LogP contribution is 2.04. The van der Waals surface area contributed by atoms with Crippen LogP contribution in [0.25, 0.3) is 0 Å². The summed E-state index contributed by atoms with van der Waals surface area (Å²) in [5, 5.41) is 7.92. The first kappa shape index (κ1) is 15.4. The third-order valence-corrected chi connectivity index (χ3v) is 2.73. The second kappa shape index (κ2) is 7.72. The second-order valence-corrected chi connectivity index (χ2v) is 4.58. The van der Waals surface area contributed by atoms with Crippen LogP contribution < -0.4 is 16.0 Å². The normalized spacial score (nSPS) is 9.86. The molecule has 0 unspecified atom stereocenters. The van der Waals surface area contributed by atoms with Crippen LogP contribution in [0.4, 0.5) is 16.3 Å². The number of nitrogens with one attached hydrogen (secondary N) is 3. The quantitative estimate of drug-likeness (QED) is 0.786. The highest BCUT2D eigenvalue weighted by Gasteiger charge is 2.05. The van der Waals surface area contributed by atoms with Gasteiger partial charge in [-0.2, -0.15) is 0 Å². The zero-order chi connectivity index (χ0) is 15.8. The zero-order valence-electron chi connectivity index (χ0n) is 12.2. The predicted molar refractivity (Wildman–Crippen MR) is 83.5 cm³/mol. The Morgan fingerprint density at radius 2 is 1.86 bits per heavy atom. The summed E-state index contributed by atoms with van der Waals surface area (Å²) in [6.07, 6.45) is 3.33. The largest absolute Gasteiger partial charge is 0.337 e. The van der Waals surface area contributed by atoms with Crippen LogP contribution in [-0.2, 0) is 4.79 Å². The minimum Gasteiger partial charge on any atom is -0.337 e. The van der Waals surface area contributed by atoms with Gasteiger partial charge in [-0.15, -0.1) is 0 Å². The first-order chi connectivity index (χ1) is 10.6. The summed E-state index contributed by atoms with van der Waals surface area (Å²) < 4.78 is 0. The van der Waals surface area contributed by atoms with Crippen LogP contribution in [0.1, 0.15) is 12.1 Å². The van der Waals surface area contributed by atoms with E-state index in [1.165, 1.54) is 0 Å². The summed E-state index contributed by atoms with van der Waals surface area (Å²) in [6.45, 7) is 2.08. The highest BCUT2D eigenvalue weighted by atomic mass is 16.2. The lowest BCUT2D eigenvalue weighted by molar-refractivity contribution is -0.116. The molecule has 2 aromatic heterocycles. The number of anilines is 2. The van der Waals surface area contributed by atoms with Crippen LogP contribution in [0.5, 0.6) is 0 Å². The Morgan fingerprint density at radius 3 is 2.59 bits per heavy atom. The molecule has 0 spiro atoms. The van der Waals surface area contributed by atoms with E-state index >= 15 is 0 Å². The highest BCUT2D eigenvalue weighted by molar-refractivity contribution is 5.91. The molecule has 7 nitrogen and oxygen atoms in total. The molecule has 0 atom stereocenters. The molecule has 22 heavy (non-hydrogen) atoms. The maximum atomic E-state index is 11.7. The van der Waals surface area contributed by atoms with Crippen LogP contribution in [0.3, 0.4) is 0 Å². The van der Waals surface area contributed by atoms with Gasteiger partial charge in [-0.3, -0.25) is 9.78 Å². The molecule has 0 radical (unpaired) electrons. The van der Waals surface area contributed by atoms with Crippen molar-refractivity contribution in [1.82, 2.24) is 15.3 Å². The first-order valence-corrected chi connectivity index (χ1v) is 6.82. The predicted octanol–water partition coefficient (Wildman–Crippen LogP) is 1.94. The van der Waals surface area contributed by atoms with Gasteiger partial charge >= 0.3 is 6.03 Å². The van der Waals surface area contributed by atoms with E-state index in [0.29, 0.717) is 11.5 Å². The minimum absolute atomic E-state index is 0.166. The lowest BCUT2D eigenvalue weighted by Gasteiger charge is -2.08. The van der Waals surface area contributed by atoms with Crippen molar-refractivity contribution in [2.75, 3.05) is 17.2 Å². The van der Waals surface area contributed by atoms with E-state index in [4.69, 9.17) is 0 Å². The summed E-state index contributed by atoms with van der Waals surface area (Å²) in [5.41, 5.74) is 1.47. The number of amides is 3. The molecule has 0 aliphatic rings. The van der Waals surface area contributed by atoms with E-state index < -0.39 is 0 Å². The summed E-state index contributed by atoms with van der Waals surface area (Å²) in [5.74, 6) is 0.300. The van der Waals surface area contributed by atoms with Crippen molar-refractivity contribution in [3.63, 3.8) is 0 Å². The molecule has 114 valence electrons. The summed E-state index contributed by atoms with van der Waals surface area (Å²) in [4.78, 5) is 31.4. The van der Waals surface area contributed by atoms with Gasteiger partial charge in [-0.25, -0.2) is 9.78 Å². The monoisotopic (exact) mass is 299 g/mol. The van der Waals surface area contributed by atoms with Crippen molar-refractivity contribution in [2.24, 2.45) is 0 Å². The maximum absolute atomic E-state index is 11.7. The molecule has 0 aliphatic carbocycles. The van der Waals surface area contributed by atoms with Crippen molar-refractivity contribution in [1.29, 1.82) is 0 Å². The lowest BCUT2D eigenvalue weighted by atomic mass is 10.3. The van der Waals surface area contributed by atoms with E-state index in [0.717, 1.165) is 5.69 Å². The molecule has 0 bridgehead atoms. The smallest absolute Gasteiger partial charge is 0.319 e. The molecule has 0 aliphatic heterocycles. The van der Waals surface area contributed by atoms with E-state index in [-0.39, 0.29) is 24.9 Å². The number of aromatic nitrogens is 2. The van der Waals surface area contributed by atoms with Crippen LogP contribution in [-0.4, -0.2) is 28.5 Å². The number of urea groups is 1. The van der Waals surface area contributed by atoms with Crippen LogP contribution >= 0.6 is 0 Å². The minimum atomic E-state index is -0.368. The fourth-order valence-corrected chi connectivity index (χ4v) is 1.72. The Labute approximate surface area is 128 Å². The van der Waals surface area contributed by atoms with Gasteiger partial charge < -0.3 is 16.0 Å². The summed E-state index contributed by atoms with van der Waals surface area (Å²) in [7, 11) is 0. The number of nitrogens with zero attached hydrogens (tertiary/aromatic N) is 2. The Morgan fingerprint density at radius 1 is 1.09 bits per heavy atom. The number of hydrogen-bond acceptors (Lipinski definition) is 4. The number of carbonyl (C=O) groups excluding carboxylic acids is 2. The molecule has 2 aromatic rings. The van der Waals surface area contributed by atoms with Crippen molar-refractivity contribution < 1.29 is 9.59 Å². The molecule has 0 saturated heterocycles. The van der Waals surface area contributed by atoms with E-state index in [2.05, 4.69) is 25.9 Å². The van der Waals surface area contributed by atoms with Gasteiger partial charge in [0.15, 0.2) is 0 Å². The average molecular weight is 299 g/mol. The average Bonchev–Trinajstić information content (AvgIpc) is 2.48. The lowest BCUT2D eigenvalue weighted by Crippen LogP contribution is -2.31. The molecular weight excluding hydrogens is 282 g/mol. The Hall–Kier alpha value is -2.96. The van der Waals surface area contributed by atoms with E-state index in [9.17, 15) is 9.59 Å². The summed E-state index contributed by atoms with van der Waals surface area (Å²) >= 11 is 0. The molecule has 7 heteroatoms. The third-order valence-electron chi connectivity index (χ3n) is 2.73. The molecule has 0 fully saturated rings. The van der Waals surface area contributed by atoms with Gasteiger partial charge in [0.2, 0.25) is 5.91 Å². The van der Waals surface area contributed by atoms with Crippen LogP contribution in [0.2, 0.25) is 0 Å². The number of hydrogen-bond donors (Lipinski definition) is 3. The molecule has 0 aromatic carbocycles. The molecule has 3 amide bonds. The Kier molecular flexibility index (Phi) is 5.42. The van der Waals surface area contributed by atoms with Crippen LogP contribution in [0.15, 0.2) is 42.7 Å². The second-order valence-electron chi connectivity index (χ2n) is 4.58. The SMILES string of the molecule is Cc1cccc(NC(=O)CCNC(=O)Nc2ccncc2)n1. The first-order valence-electron chi connectivity index (χ1n) is 6.82. The molecule has 0 saturated carbocycles. The van der Waals surface area contributed by atoms with Gasteiger partial charge in [-0.1, -0.05) is 6.07 Å². The fraction of sp³-hybridized carbons (Fsp3) is 0.200. The fourth-order valence-electron chi connectivity index (χ4n) is 1.72. The maximum Gasteiger partial charge on any atom is 0.319 e. The van der Waals surface area contributed by atoms with Gasteiger partial charge in [0.05, 0.1) is 0 Å². The van der Waals surface area contributed by atoms with Gasteiger partial charge in [0, 0.05) is 36.7 Å². The van der Waals surface area contributed by atoms with Gasteiger partial charge in [-0.05, 0) is 31.2 Å². The molecular formula is C15H17N5O2. The Balaban J connectivity index is 1.69. The van der Waals surface area contributed by atoms with Crippen molar-refractivity contribution in [3.05, 3.63) is 48.4 Å². The number of carbonyl (C=O) groups is 2. The van der Waals surface area contributed by atoms with Crippen molar-refractivity contribution in [3.8, 4) is 0 Å². The molecule has 2 rings (SSSR count). The summed E-state index contributed by atoms with van der Waals surface area (Å²) in [6, 6.07) is 8.37. The Bertz CT molecular complexity index is 645. The number of aryl methyl sites for hydroxylation is 1. The van der Waals surface area contributed by atoms with Crippen molar-refractivity contribution >= 4 is 23.4 Å². The number of pyridine rings is 2.